The van der Waals surface area contributed by atoms with Gasteiger partial charge in [-0.25, -0.2) is 9.97 Å². The van der Waals surface area contributed by atoms with E-state index in [4.69, 9.17) is 11.6 Å². The average molecular weight is 367 g/mol. The van der Waals surface area contributed by atoms with E-state index >= 15 is 0 Å². The minimum atomic E-state index is -0.212. The Morgan fingerprint density at radius 3 is 2.31 bits per heavy atom. The molecule has 2 aromatic carbocycles. The molecule has 1 amide bonds. The fraction of sp³-hybridized carbons (Fsp3) is 0.150. The van der Waals surface area contributed by atoms with Gasteiger partial charge in [0.1, 0.15) is 0 Å². The van der Waals surface area contributed by atoms with Crippen LogP contribution < -0.4 is 10.6 Å². The molecule has 0 fully saturated rings. The molecular weight excluding hydrogens is 348 g/mol. The molecule has 5 nitrogen and oxygen atoms in total. The first kappa shape index (κ1) is 17.9. The standard InChI is InChI=1S/C20H19ClN4O/c21-18-8-6-16(7-9-18)12-23-19(26)17-13-24-20(25-14-17)22-11-10-15-4-2-1-3-5-15/h1-9,13-14H,10-12H2,(H,23,26)(H,22,24,25). The van der Waals surface area contributed by atoms with Crippen LogP contribution in [0.2, 0.25) is 5.02 Å². The molecule has 0 saturated heterocycles. The Bertz CT molecular complexity index is 836. The lowest BCUT2D eigenvalue weighted by molar-refractivity contribution is 0.0950. The second kappa shape index (κ2) is 8.97. The Morgan fingerprint density at radius 2 is 1.62 bits per heavy atom. The van der Waals surface area contributed by atoms with E-state index in [0.29, 0.717) is 23.1 Å². The van der Waals surface area contributed by atoms with Crippen LogP contribution in [0, 0.1) is 0 Å². The summed E-state index contributed by atoms with van der Waals surface area (Å²) < 4.78 is 0. The van der Waals surface area contributed by atoms with Crippen LogP contribution in [-0.4, -0.2) is 22.4 Å². The third-order valence-corrected chi connectivity index (χ3v) is 4.07. The Hall–Kier alpha value is -2.92. The second-order valence-corrected chi connectivity index (χ2v) is 6.20. The number of carbonyl (C=O) groups is 1. The number of aromatic nitrogens is 2. The monoisotopic (exact) mass is 366 g/mol. The second-order valence-electron chi connectivity index (χ2n) is 5.77. The van der Waals surface area contributed by atoms with Gasteiger partial charge in [0.05, 0.1) is 5.56 Å². The molecule has 6 heteroatoms. The molecule has 0 spiro atoms. The van der Waals surface area contributed by atoms with Crippen LogP contribution >= 0.6 is 11.6 Å². The Morgan fingerprint density at radius 1 is 0.923 bits per heavy atom. The number of halogens is 1. The van der Waals surface area contributed by atoms with E-state index in [1.165, 1.54) is 18.0 Å². The van der Waals surface area contributed by atoms with Crippen molar-refractivity contribution < 1.29 is 4.79 Å². The summed E-state index contributed by atoms with van der Waals surface area (Å²) in [6.07, 6.45) is 3.93. The van der Waals surface area contributed by atoms with Gasteiger partial charge in [0, 0.05) is 30.5 Å². The summed E-state index contributed by atoms with van der Waals surface area (Å²) in [4.78, 5) is 20.6. The van der Waals surface area contributed by atoms with Gasteiger partial charge in [-0.05, 0) is 29.7 Å². The molecule has 1 aromatic heterocycles. The van der Waals surface area contributed by atoms with Crippen LogP contribution in [0.15, 0.2) is 67.0 Å². The molecule has 0 aliphatic carbocycles. The molecule has 3 aromatic rings. The summed E-state index contributed by atoms with van der Waals surface area (Å²) in [5.41, 5.74) is 2.65. The molecule has 1 heterocycles. The molecule has 2 N–H and O–H groups in total. The van der Waals surface area contributed by atoms with Crippen molar-refractivity contribution >= 4 is 23.5 Å². The van der Waals surface area contributed by atoms with Gasteiger partial charge in [0.15, 0.2) is 0 Å². The largest absolute Gasteiger partial charge is 0.354 e. The predicted octanol–water partition coefficient (Wildman–Crippen LogP) is 3.71. The van der Waals surface area contributed by atoms with E-state index in [-0.39, 0.29) is 5.91 Å². The Labute approximate surface area is 157 Å². The number of carbonyl (C=O) groups excluding carboxylic acids is 1. The van der Waals surface area contributed by atoms with Crippen LogP contribution in [0.1, 0.15) is 21.5 Å². The smallest absolute Gasteiger partial charge is 0.254 e. The third kappa shape index (κ3) is 5.29. The van der Waals surface area contributed by atoms with Crippen molar-refractivity contribution in [3.63, 3.8) is 0 Å². The van der Waals surface area contributed by atoms with Crippen molar-refractivity contribution in [1.29, 1.82) is 0 Å². The lowest BCUT2D eigenvalue weighted by Gasteiger charge is -2.07. The van der Waals surface area contributed by atoms with Gasteiger partial charge < -0.3 is 10.6 Å². The molecule has 0 aliphatic rings. The highest BCUT2D eigenvalue weighted by atomic mass is 35.5. The molecule has 0 radical (unpaired) electrons. The number of amides is 1. The fourth-order valence-corrected chi connectivity index (χ4v) is 2.51. The van der Waals surface area contributed by atoms with Crippen LogP contribution in [0.25, 0.3) is 0 Å². The molecule has 132 valence electrons. The number of hydrogen-bond acceptors (Lipinski definition) is 4. The first-order valence-corrected chi connectivity index (χ1v) is 8.71. The molecule has 0 saturated carbocycles. The van der Waals surface area contributed by atoms with E-state index in [2.05, 4.69) is 32.7 Å². The summed E-state index contributed by atoms with van der Waals surface area (Å²) in [7, 11) is 0. The van der Waals surface area contributed by atoms with Crippen LogP contribution in [0.3, 0.4) is 0 Å². The van der Waals surface area contributed by atoms with Crippen molar-refractivity contribution in [3.05, 3.63) is 88.7 Å². The maximum Gasteiger partial charge on any atom is 0.254 e. The van der Waals surface area contributed by atoms with Gasteiger partial charge in [-0.1, -0.05) is 54.1 Å². The van der Waals surface area contributed by atoms with E-state index < -0.39 is 0 Å². The number of rotatable bonds is 7. The van der Waals surface area contributed by atoms with Gasteiger partial charge in [-0.3, -0.25) is 4.79 Å². The van der Waals surface area contributed by atoms with E-state index in [1.54, 1.807) is 12.1 Å². The van der Waals surface area contributed by atoms with Crippen LogP contribution in [0.4, 0.5) is 5.95 Å². The van der Waals surface area contributed by atoms with Crippen LogP contribution in [-0.2, 0) is 13.0 Å². The summed E-state index contributed by atoms with van der Waals surface area (Å²) in [5, 5.41) is 6.66. The van der Waals surface area contributed by atoms with Crippen molar-refractivity contribution in [2.24, 2.45) is 0 Å². The lowest BCUT2D eigenvalue weighted by Crippen LogP contribution is -2.23. The van der Waals surface area contributed by atoms with Crippen molar-refractivity contribution in [2.45, 2.75) is 13.0 Å². The van der Waals surface area contributed by atoms with Crippen molar-refractivity contribution in [1.82, 2.24) is 15.3 Å². The minimum absolute atomic E-state index is 0.212. The summed E-state index contributed by atoms with van der Waals surface area (Å²) >= 11 is 5.85. The maximum atomic E-state index is 12.2. The number of nitrogens with zero attached hydrogens (tertiary/aromatic N) is 2. The molecule has 3 rings (SSSR count). The van der Waals surface area contributed by atoms with Gasteiger partial charge in [-0.2, -0.15) is 0 Å². The quantitative estimate of drug-likeness (QED) is 0.668. The summed E-state index contributed by atoms with van der Waals surface area (Å²) in [5.74, 6) is 0.297. The zero-order chi connectivity index (χ0) is 18.2. The molecule has 0 aliphatic heterocycles. The third-order valence-electron chi connectivity index (χ3n) is 3.82. The molecule has 0 bridgehead atoms. The summed E-state index contributed by atoms with van der Waals surface area (Å²) in [6.45, 7) is 1.15. The van der Waals surface area contributed by atoms with Gasteiger partial charge in [0.25, 0.3) is 5.91 Å². The topological polar surface area (TPSA) is 66.9 Å². The highest BCUT2D eigenvalue weighted by Gasteiger charge is 2.07. The summed E-state index contributed by atoms with van der Waals surface area (Å²) in [6, 6.07) is 17.5. The highest BCUT2D eigenvalue weighted by Crippen LogP contribution is 2.09. The van der Waals surface area contributed by atoms with Gasteiger partial charge >= 0.3 is 0 Å². The molecule has 26 heavy (non-hydrogen) atoms. The number of anilines is 1. The number of hydrogen-bond donors (Lipinski definition) is 2. The minimum Gasteiger partial charge on any atom is -0.354 e. The molecule has 0 atom stereocenters. The zero-order valence-electron chi connectivity index (χ0n) is 14.2. The first-order valence-electron chi connectivity index (χ1n) is 8.33. The lowest BCUT2D eigenvalue weighted by atomic mass is 10.1. The average Bonchev–Trinajstić information content (AvgIpc) is 2.69. The van der Waals surface area contributed by atoms with Gasteiger partial charge in [-0.15, -0.1) is 0 Å². The van der Waals surface area contributed by atoms with Crippen molar-refractivity contribution in [3.8, 4) is 0 Å². The SMILES string of the molecule is O=C(NCc1ccc(Cl)cc1)c1cnc(NCCc2ccccc2)nc1. The van der Waals surface area contributed by atoms with Crippen molar-refractivity contribution in [2.75, 3.05) is 11.9 Å². The predicted molar refractivity (Wildman–Crippen MR) is 103 cm³/mol. The van der Waals surface area contributed by atoms with E-state index in [0.717, 1.165) is 18.5 Å². The van der Waals surface area contributed by atoms with E-state index in [9.17, 15) is 4.79 Å². The molecular formula is C20H19ClN4O. The fourth-order valence-electron chi connectivity index (χ4n) is 2.39. The van der Waals surface area contributed by atoms with Crippen LogP contribution in [0.5, 0.6) is 0 Å². The number of nitrogens with one attached hydrogen (secondary N) is 2. The number of benzene rings is 2. The van der Waals surface area contributed by atoms with Gasteiger partial charge in [0.2, 0.25) is 5.95 Å². The normalized spacial score (nSPS) is 10.3. The zero-order valence-corrected chi connectivity index (χ0v) is 14.9. The first-order chi connectivity index (χ1) is 12.7. The molecule has 0 unspecified atom stereocenters. The maximum absolute atomic E-state index is 12.2. The van der Waals surface area contributed by atoms with E-state index in [1.807, 2.05) is 30.3 Å². The Balaban J connectivity index is 1.47. The Kier molecular flexibility index (Phi) is 6.17. The highest BCUT2D eigenvalue weighted by molar-refractivity contribution is 6.30.